The Morgan fingerprint density at radius 2 is 2.42 bits per heavy atom. The zero-order valence-electron chi connectivity index (χ0n) is 11.0. The molecule has 2 aliphatic heterocycles. The Kier molecular flexibility index (Phi) is 3.55. The zero-order valence-corrected chi connectivity index (χ0v) is 11.8. The lowest BCUT2D eigenvalue weighted by Gasteiger charge is -2.41. The quantitative estimate of drug-likeness (QED) is 0.921. The Balaban J connectivity index is 1.96. The molecule has 0 bridgehead atoms. The highest BCUT2D eigenvalue weighted by Gasteiger charge is 2.36. The fraction of sp³-hybridized carbons (Fsp3) is 0.500. The van der Waals surface area contributed by atoms with Gasteiger partial charge in [0.15, 0.2) is 0 Å². The fourth-order valence-electron chi connectivity index (χ4n) is 2.53. The second-order valence-electron chi connectivity index (χ2n) is 4.77. The summed E-state index contributed by atoms with van der Waals surface area (Å²) in [5.41, 5.74) is 1.93. The van der Waals surface area contributed by atoms with E-state index in [2.05, 4.69) is 23.2 Å². The summed E-state index contributed by atoms with van der Waals surface area (Å²) in [6.45, 7) is 3.67. The molecular formula is C14H18N2O2S. The van der Waals surface area contributed by atoms with E-state index in [0.29, 0.717) is 6.61 Å². The first-order valence-electron chi connectivity index (χ1n) is 6.72. The van der Waals surface area contributed by atoms with Crippen LogP contribution in [0.15, 0.2) is 18.2 Å². The molecule has 1 fully saturated rings. The molecule has 102 valence electrons. The van der Waals surface area contributed by atoms with E-state index >= 15 is 0 Å². The van der Waals surface area contributed by atoms with Gasteiger partial charge in [-0.05, 0) is 18.6 Å². The van der Waals surface area contributed by atoms with Gasteiger partial charge in [0.05, 0.1) is 12.3 Å². The molecule has 1 saturated heterocycles. The van der Waals surface area contributed by atoms with Crippen LogP contribution < -0.4 is 15.0 Å². The van der Waals surface area contributed by atoms with Gasteiger partial charge in [0.25, 0.3) is 0 Å². The zero-order chi connectivity index (χ0) is 13.2. The third-order valence-corrected chi connectivity index (χ3v) is 4.48. The molecule has 1 unspecified atom stereocenters. The molecule has 1 amide bonds. The lowest BCUT2D eigenvalue weighted by Crippen LogP contribution is -2.52. The SMILES string of the molecule is CCCOc1cccc2c1NC(=O)C1CSCCN21. The highest BCUT2D eigenvalue weighted by Crippen LogP contribution is 2.41. The minimum Gasteiger partial charge on any atom is -0.491 e. The first kappa shape index (κ1) is 12.7. The van der Waals surface area contributed by atoms with Crippen molar-refractivity contribution in [2.45, 2.75) is 19.4 Å². The lowest BCUT2D eigenvalue weighted by molar-refractivity contribution is -0.117. The minimum absolute atomic E-state index is 0.0346. The Hall–Kier alpha value is -1.36. The molecule has 2 aliphatic rings. The second-order valence-corrected chi connectivity index (χ2v) is 5.92. The topological polar surface area (TPSA) is 41.6 Å². The Labute approximate surface area is 117 Å². The van der Waals surface area contributed by atoms with Gasteiger partial charge >= 0.3 is 0 Å². The number of amides is 1. The highest BCUT2D eigenvalue weighted by atomic mass is 32.2. The van der Waals surface area contributed by atoms with Gasteiger partial charge in [-0.15, -0.1) is 0 Å². The molecule has 19 heavy (non-hydrogen) atoms. The normalized spacial score (nSPS) is 21.4. The van der Waals surface area contributed by atoms with E-state index in [9.17, 15) is 4.79 Å². The van der Waals surface area contributed by atoms with Crippen LogP contribution in [-0.2, 0) is 4.79 Å². The van der Waals surface area contributed by atoms with Crippen molar-refractivity contribution in [3.63, 3.8) is 0 Å². The molecule has 3 rings (SSSR count). The van der Waals surface area contributed by atoms with E-state index in [-0.39, 0.29) is 11.9 Å². The molecule has 0 radical (unpaired) electrons. The van der Waals surface area contributed by atoms with Gasteiger partial charge in [-0.2, -0.15) is 11.8 Å². The van der Waals surface area contributed by atoms with Crippen LogP contribution in [-0.4, -0.2) is 36.6 Å². The number of benzene rings is 1. The van der Waals surface area contributed by atoms with E-state index < -0.39 is 0 Å². The van der Waals surface area contributed by atoms with Crippen molar-refractivity contribution in [3.05, 3.63) is 18.2 Å². The number of carbonyl (C=O) groups excluding carboxylic acids is 1. The van der Waals surface area contributed by atoms with Crippen molar-refractivity contribution in [2.75, 3.05) is 34.9 Å². The number of nitrogens with zero attached hydrogens (tertiary/aromatic N) is 1. The monoisotopic (exact) mass is 278 g/mol. The Bertz CT molecular complexity index is 492. The summed E-state index contributed by atoms with van der Waals surface area (Å²) in [5.74, 6) is 2.81. The van der Waals surface area contributed by atoms with Crippen LogP contribution in [0.25, 0.3) is 0 Å². The van der Waals surface area contributed by atoms with Gasteiger partial charge < -0.3 is 15.0 Å². The van der Waals surface area contributed by atoms with Crippen molar-refractivity contribution in [1.82, 2.24) is 0 Å². The number of fused-ring (bicyclic) bond motifs is 3. The third-order valence-electron chi connectivity index (χ3n) is 3.45. The molecular weight excluding hydrogens is 260 g/mol. The van der Waals surface area contributed by atoms with Gasteiger partial charge in [0.2, 0.25) is 5.91 Å². The number of ether oxygens (including phenoxy) is 1. The third kappa shape index (κ3) is 2.27. The first-order valence-corrected chi connectivity index (χ1v) is 7.88. The predicted octanol–water partition coefficient (Wildman–Crippen LogP) is 2.35. The number of hydrogen-bond acceptors (Lipinski definition) is 4. The number of hydrogen-bond donors (Lipinski definition) is 1. The van der Waals surface area contributed by atoms with Crippen molar-refractivity contribution < 1.29 is 9.53 Å². The number of anilines is 2. The molecule has 4 nitrogen and oxygen atoms in total. The number of nitrogens with one attached hydrogen (secondary N) is 1. The van der Waals surface area contributed by atoms with E-state index in [0.717, 1.165) is 41.6 Å². The van der Waals surface area contributed by atoms with Crippen molar-refractivity contribution in [3.8, 4) is 5.75 Å². The highest BCUT2D eigenvalue weighted by molar-refractivity contribution is 7.99. The van der Waals surface area contributed by atoms with Crippen LogP contribution in [0.4, 0.5) is 11.4 Å². The second kappa shape index (κ2) is 5.33. The molecule has 1 aromatic carbocycles. The van der Waals surface area contributed by atoms with Gasteiger partial charge in [-0.25, -0.2) is 0 Å². The number of para-hydroxylation sites is 1. The molecule has 5 heteroatoms. The summed E-state index contributed by atoms with van der Waals surface area (Å²) in [5, 5.41) is 3.02. The predicted molar refractivity (Wildman–Crippen MR) is 79.3 cm³/mol. The summed E-state index contributed by atoms with van der Waals surface area (Å²) in [4.78, 5) is 14.4. The maximum absolute atomic E-state index is 12.2. The van der Waals surface area contributed by atoms with E-state index in [1.54, 1.807) is 0 Å². The molecule has 1 aromatic rings. The van der Waals surface area contributed by atoms with Crippen LogP contribution in [0.1, 0.15) is 13.3 Å². The van der Waals surface area contributed by atoms with Crippen LogP contribution in [0, 0.1) is 0 Å². The van der Waals surface area contributed by atoms with Crippen LogP contribution in [0.5, 0.6) is 5.75 Å². The minimum atomic E-state index is -0.0346. The number of carbonyl (C=O) groups is 1. The number of thioether (sulfide) groups is 1. The van der Waals surface area contributed by atoms with Crippen molar-refractivity contribution >= 4 is 29.0 Å². The molecule has 1 atom stereocenters. The Morgan fingerprint density at radius 1 is 1.53 bits per heavy atom. The largest absolute Gasteiger partial charge is 0.491 e. The van der Waals surface area contributed by atoms with E-state index in [4.69, 9.17) is 4.74 Å². The summed E-state index contributed by atoms with van der Waals surface area (Å²) >= 11 is 1.84. The van der Waals surface area contributed by atoms with Gasteiger partial charge in [-0.1, -0.05) is 13.0 Å². The summed E-state index contributed by atoms with van der Waals surface area (Å²) < 4.78 is 5.74. The molecule has 0 spiro atoms. The van der Waals surface area contributed by atoms with Gasteiger partial charge in [-0.3, -0.25) is 4.79 Å². The lowest BCUT2D eigenvalue weighted by atomic mass is 10.1. The summed E-state index contributed by atoms with van der Waals surface area (Å²) in [6, 6.07) is 5.96. The molecule has 0 saturated carbocycles. The maximum atomic E-state index is 12.2. The average molecular weight is 278 g/mol. The summed E-state index contributed by atoms with van der Waals surface area (Å²) in [7, 11) is 0. The smallest absolute Gasteiger partial charge is 0.248 e. The van der Waals surface area contributed by atoms with Gasteiger partial charge in [0, 0.05) is 18.1 Å². The molecule has 2 heterocycles. The molecule has 1 N–H and O–H groups in total. The standard InChI is InChI=1S/C14H18N2O2S/c1-2-7-18-12-5-3-4-10-13(12)15-14(17)11-9-19-8-6-16(10)11/h3-5,11H,2,6-9H2,1H3,(H,15,17). The van der Waals surface area contributed by atoms with Crippen molar-refractivity contribution in [1.29, 1.82) is 0 Å². The molecule has 0 aliphatic carbocycles. The van der Waals surface area contributed by atoms with Crippen molar-refractivity contribution in [2.24, 2.45) is 0 Å². The van der Waals surface area contributed by atoms with E-state index in [1.165, 1.54) is 0 Å². The molecule has 0 aromatic heterocycles. The van der Waals surface area contributed by atoms with Crippen LogP contribution >= 0.6 is 11.8 Å². The first-order chi connectivity index (χ1) is 9.31. The van der Waals surface area contributed by atoms with Gasteiger partial charge in [0.1, 0.15) is 17.5 Å². The van der Waals surface area contributed by atoms with Crippen LogP contribution in [0.3, 0.4) is 0 Å². The summed E-state index contributed by atoms with van der Waals surface area (Å²) in [6.07, 6.45) is 0.959. The van der Waals surface area contributed by atoms with E-state index in [1.807, 2.05) is 23.9 Å². The maximum Gasteiger partial charge on any atom is 0.248 e. The fourth-order valence-corrected chi connectivity index (χ4v) is 3.58. The average Bonchev–Trinajstić information content (AvgIpc) is 2.46. The number of rotatable bonds is 3. The van der Waals surface area contributed by atoms with Crippen LogP contribution in [0.2, 0.25) is 0 Å². The Morgan fingerprint density at radius 3 is 3.26 bits per heavy atom.